The Morgan fingerprint density at radius 2 is 2.03 bits per heavy atom. The van der Waals surface area contributed by atoms with Gasteiger partial charge in [-0.15, -0.1) is 0 Å². The first-order valence-corrected chi connectivity index (χ1v) is 10.3. The summed E-state index contributed by atoms with van der Waals surface area (Å²) < 4.78 is 15.8. The molecule has 1 amide bonds. The first kappa shape index (κ1) is 19.7. The van der Waals surface area contributed by atoms with Gasteiger partial charge in [0, 0.05) is 31.2 Å². The molecule has 31 heavy (non-hydrogen) atoms. The molecule has 0 radical (unpaired) electrons. The van der Waals surface area contributed by atoms with Gasteiger partial charge in [-0.25, -0.2) is 0 Å². The highest BCUT2D eigenvalue weighted by atomic mass is 16.7. The molecule has 0 spiro atoms. The molecule has 3 aromatic rings. The van der Waals surface area contributed by atoms with E-state index < -0.39 is 0 Å². The number of likely N-dealkylation sites (tertiary alicyclic amines) is 1. The van der Waals surface area contributed by atoms with Gasteiger partial charge in [-0.3, -0.25) is 4.79 Å². The number of benzene rings is 2. The van der Waals surface area contributed by atoms with E-state index in [4.69, 9.17) is 14.0 Å². The van der Waals surface area contributed by atoms with Crippen molar-refractivity contribution in [3.05, 3.63) is 53.6 Å². The standard InChI is InChI=1S/C23H23N3O5/c1-29-13-30-16-7-5-14(6-8-16)23-24-22(25-31-23)18-4-2-3-17-19(18)11-15-12-20(28)26(9-10-27)21(15)17/h2-8,15,21,27H,9-13H2,1H3. The Kier molecular flexibility index (Phi) is 5.17. The number of aromatic nitrogens is 2. The Bertz CT molecular complexity index is 1090. The fraction of sp³-hybridized carbons (Fsp3) is 0.348. The number of aliphatic hydroxyl groups is 1. The van der Waals surface area contributed by atoms with Crippen molar-refractivity contribution < 1.29 is 23.9 Å². The average Bonchev–Trinajstić information content (AvgIpc) is 3.48. The molecule has 0 saturated carbocycles. The lowest BCUT2D eigenvalue weighted by atomic mass is 10.0. The molecule has 2 heterocycles. The van der Waals surface area contributed by atoms with Crippen molar-refractivity contribution in [3.8, 4) is 28.6 Å². The van der Waals surface area contributed by atoms with E-state index in [-0.39, 0.29) is 31.3 Å². The number of β-amino-alcohol motifs (C(OH)–C–C–N with tert-alkyl or cyclic N) is 1. The van der Waals surface area contributed by atoms with Crippen molar-refractivity contribution >= 4 is 5.91 Å². The molecular formula is C23H23N3O5. The minimum atomic E-state index is -0.0342. The molecule has 1 aliphatic carbocycles. The van der Waals surface area contributed by atoms with Crippen LogP contribution in [0.3, 0.4) is 0 Å². The molecule has 8 nitrogen and oxygen atoms in total. The van der Waals surface area contributed by atoms with Gasteiger partial charge in [0.15, 0.2) is 6.79 Å². The average molecular weight is 421 g/mol. The number of fused-ring (bicyclic) bond motifs is 3. The SMILES string of the molecule is COCOc1ccc(-c2nc(-c3cccc4c3CC3CC(=O)N(CCO)C43)no2)cc1. The zero-order valence-corrected chi connectivity index (χ0v) is 17.2. The molecule has 2 atom stereocenters. The van der Waals surface area contributed by atoms with Crippen LogP contribution >= 0.6 is 0 Å². The minimum absolute atomic E-state index is 0.0145. The first-order chi connectivity index (χ1) is 15.2. The van der Waals surface area contributed by atoms with Crippen molar-refractivity contribution in [1.29, 1.82) is 0 Å². The van der Waals surface area contributed by atoms with Crippen LogP contribution < -0.4 is 4.74 Å². The number of hydrogen-bond acceptors (Lipinski definition) is 7. The number of carbonyl (C=O) groups is 1. The van der Waals surface area contributed by atoms with Crippen LogP contribution in [0.15, 0.2) is 47.0 Å². The molecular weight excluding hydrogens is 398 g/mol. The normalized spacial score (nSPS) is 19.5. The number of rotatable bonds is 7. The lowest BCUT2D eigenvalue weighted by Crippen LogP contribution is -2.30. The molecule has 1 saturated heterocycles. The van der Waals surface area contributed by atoms with Crippen LogP contribution in [-0.4, -0.2) is 53.1 Å². The summed E-state index contributed by atoms with van der Waals surface area (Å²) in [5, 5.41) is 13.6. The second-order valence-corrected chi connectivity index (χ2v) is 7.80. The third-order valence-electron chi connectivity index (χ3n) is 5.99. The van der Waals surface area contributed by atoms with Gasteiger partial charge in [0.2, 0.25) is 11.7 Å². The van der Waals surface area contributed by atoms with E-state index in [0.717, 1.165) is 28.7 Å². The minimum Gasteiger partial charge on any atom is -0.468 e. The van der Waals surface area contributed by atoms with Gasteiger partial charge in [0.05, 0.1) is 12.6 Å². The third kappa shape index (κ3) is 3.47. The number of hydrogen-bond donors (Lipinski definition) is 1. The summed E-state index contributed by atoms with van der Waals surface area (Å²) in [6.45, 7) is 0.514. The lowest BCUT2D eigenvalue weighted by molar-refractivity contribution is -0.129. The molecule has 1 N–H and O–H groups in total. The number of aliphatic hydroxyl groups excluding tert-OH is 1. The highest BCUT2D eigenvalue weighted by Crippen LogP contribution is 2.49. The predicted molar refractivity (Wildman–Crippen MR) is 111 cm³/mol. The smallest absolute Gasteiger partial charge is 0.258 e. The van der Waals surface area contributed by atoms with Gasteiger partial charge in [-0.05, 0) is 47.7 Å². The summed E-state index contributed by atoms with van der Waals surface area (Å²) in [6, 6.07) is 13.4. The summed E-state index contributed by atoms with van der Waals surface area (Å²) in [5.41, 5.74) is 4.00. The Labute approximate surface area is 179 Å². The van der Waals surface area contributed by atoms with Crippen LogP contribution in [0.4, 0.5) is 0 Å². The zero-order valence-electron chi connectivity index (χ0n) is 17.2. The number of carbonyl (C=O) groups excluding carboxylic acids is 1. The van der Waals surface area contributed by atoms with Crippen molar-refractivity contribution in [3.63, 3.8) is 0 Å². The highest BCUT2D eigenvalue weighted by molar-refractivity contribution is 5.81. The van der Waals surface area contributed by atoms with Crippen LogP contribution in [0.5, 0.6) is 5.75 Å². The van der Waals surface area contributed by atoms with Gasteiger partial charge in [-0.2, -0.15) is 4.98 Å². The number of ether oxygens (including phenoxy) is 2. The van der Waals surface area contributed by atoms with Crippen molar-refractivity contribution in [1.82, 2.24) is 15.0 Å². The number of methoxy groups -OCH3 is 1. The van der Waals surface area contributed by atoms with Crippen molar-refractivity contribution in [2.45, 2.75) is 18.9 Å². The topological polar surface area (TPSA) is 97.9 Å². The maximum absolute atomic E-state index is 12.3. The quantitative estimate of drug-likeness (QED) is 0.586. The number of amides is 1. The third-order valence-corrected chi connectivity index (χ3v) is 5.99. The van der Waals surface area contributed by atoms with E-state index in [9.17, 15) is 9.90 Å². The molecule has 1 aliphatic heterocycles. The largest absolute Gasteiger partial charge is 0.468 e. The molecule has 2 aromatic carbocycles. The molecule has 8 heteroatoms. The molecule has 2 aliphatic rings. The molecule has 1 aromatic heterocycles. The van der Waals surface area contributed by atoms with Crippen LogP contribution in [0.1, 0.15) is 23.6 Å². The Hall–Kier alpha value is -3.23. The summed E-state index contributed by atoms with van der Waals surface area (Å²) in [7, 11) is 1.57. The molecule has 0 bridgehead atoms. The van der Waals surface area contributed by atoms with Gasteiger partial charge in [0.25, 0.3) is 5.89 Å². The zero-order chi connectivity index (χ0) is 21.4. The van der Waals surface area contributed by atoms with E-state index in [1.165, 1.54) is 0 Å². The fourth-order valence-electron chi connectivity index (χ4n) is 4.69. The van der Waals surface area contributed by atoms with Gasteiger partial charge >= 0.3 is 0 Å². The molecule has 5 rings (SSSR count). The predicted octanol–water partition coefficient (Wildman–Crippen LogP) is 2.82. The van der Waals surface area contributed by atoms with E-state index >= 15 is 0 Å². The van der Waals surface area contributed by atoms with Crippen molar-refractivity contribution in [2.75, 3.05) is 27.1 Å². The number of nitrogens with zero attached hydrogens (tertiary/aromatic N) is 3. The first-order valence-electron chi connectivity index (χ1n) is 10.3. The van der Waals surface area contributed by atoms with Crippen molar-refractivity contribution in [2.24, 2.45) is 5.92 Å². The second-order valence-electron chi connectivity index (χ2n) is 7.80. The fourth-order valence-corrected chi connectivity index (χ4v) is 4.69. The molecule has 2 unspecified atom stereocenters. The molecule has 1 fully saturated rings. The van der Waals surface area contributed by atoms with E-state index in [0.29, 0.717) is 30.4 Å². The summed E-state index contributed by atoms with van der Waals surface area (Å²) in [6.07, 6.45) is 1.30. The Morgan fingerprint density at radius 3 is 2.81 bits per heavy atom. The maximum atomic E-state index is 12.3. The van der Waals surface area contributed by atoms with E-state index in [2.05, 4.69) is 16.2 Å². The Morgan fingerprint density at radius 1 is 1.19 bits per heavy atom. The van der Waals surface area contributed by atoms with Crippen LogP contribution in [-0.2, 0) is 16.0 Å². The Balaban J connectivity index is 1.43. The van der Waals surface area contributed by atoms with Gasteiger partial charge < -0.3 is 24.0 Å². The lowest BCUT2D eigenvalue weighted by Gasteiger charge is -2.24. The van der Waals surface area contributed by atoms with E-state index in [1.54, 1.807) is 12.0 Å². The van der Waals surface area contributed by atoms with Crippen LogP contribution in [0.2, 0.25) is 0 Å². The van der Waals surface area contributed by atoms with E-state index in [1.807, 2.05) is 36.4 Å². The van der Waals surface area contributed by atoms with Gasteiger partial charge in [0.1, 0.15) is 5.75 Å². The monoisotopic (exact) mass is 421 g/mol. The van der Waals surface area contributed by atoms with Crippen LogP contribution in [0.25, 0.3) is 22.8 Å². The van der Waals surface area contributed by atoms with Crippen LogP contribution in [0, 0.1) is 5.92 Å². The highest BCUT2D eigenvalue weighted by Gasteiger charge is 2.46. The summed E-state index contributed by atoms with van der Waals surface area (Å²) in [5.74, 6) is 1.99. The maximum Gasteiger partial charge on any atom is 0.258 e. The second kappa shape index (κ2) is 8.13. The van der Waals surface area contributed by atoms with Gasteiger partial charge in [-0.1, -0.05) is 23.4 Å². The molecule has 160 valence electrons. The summed E-state index contributed by atoms with van der Waals surface area (Å²) in [4.78, 5) is 18.8. The summed E-state index contributed by atoms with van der Waals surface area (Å²) >= 11 is 0.